The summed E-state index contributed by atoms with van der Waals surface area (Å²) in [7, 11) is 0. The highest BCUT2D eigenvalue weighted by molar-refractivity contribution is 5.16. The van der Waals surface area contributed by atoms with E-state index in [9.17, 15) is 0 Å². The molecule has 0 saturated heterocycles. The quantitative estimate of drug-likeness (QED) is 0.849. The van der Waals surface area contributed by atoms with Gasteiger partial charge >= 0.3 is 0 Å². The topological polar surface area (TPSA) is 51.8 Å². The van der Waals surface area contributed by atoms with Crippen molar-refractivity contribution in [3.05, 3.63) is 23.8 Å². The first-order valence-corrected chi connectivity index (χ1v) is 6.21. The van der Waals surface area contributed by atoms with Crippen molar-refractivity contribution in [3.63, 3.8) is 0 Å². The van der Waals surface area contributed by atoms with Crippen molar-refractivity contribution in [3.8, 4) is 0 Å². The molecule has 3 heteroatoms. The predicted octanol–water partition coefficient (Wildman–Crippen LogP) is 2.37. The van der Waals surface area contributed by atoms with Gasteiger partial charge < -0.3 is 5.73 Å². The first-order valence-electron chi connectivity index (χ1n) is 6.21. The molecule has 0 atom stereocenters. The van der Waals surface area contributed by atoms with Gasteiger partial charge in [-0.05, 0) is 24.8 Å². The maximum Gasteiger partial charge on any atom is 0.135 e. The number of hydrogen-bond donors (Lipinski definition) is 1. The van der Waals surface area contributed by atoms with Crippen LogP contribution in [-0.4, -0.2) is 16.5 Å². The van der Waals surface area contributed by atoms with E-state index >= 15 is 0 Å². The molecule has 2 N–H and O–H groups in total. The van der Waals surface area contributed by atoms with Gasteiger partial charge in [0.25, 0.3) is 0 Å². The van der Waals surface area contributed by atoms with Crippen LogP contribution in [0, 0.1) is 0 Å². The maximum absolute atomic E-state index is 5.95. The van der Waals surface area contributed by atoms with E-state index in [-0.39, 0.29) is 5.41 Å². The molecule has 2 rings (SSSR count). The molecule has 1 heterocycles. The highest BCUT2D eigenvalue weighted by Gasteiger charge is 2.37. The Morgan fingerprint density at radius 1 is 1.38 bits per heavy atom. The Balaban J connectivity index is 2.35. The molecule has 0 spiro atoms. The Hall–Kier alpha value is -0.960. The lowest BCUT2D eigenvalue weighted by atomic mass is 9.85. The molecule has 1 saturated carbocycles. The predicted molar refractivity (Wildman–Crippen MR) is 65.3 cm³/mol. The summed E-state index contributed by atoms with van der Waals surface area (Å²) in [6.07, 6.45) is 6.68. The summed E-state index contributed by atoms with van der Waals surface area (Å²) < 4.78 is 0. The lowest BCUT2D eigenvalue weighted by molar-refractivity contribution is 0.422. The van der Waals surface area contributed by atoms with Crippen molar-refractivity contribution in [1.82, 2.24) is 9.97 Å². The summed E-state index contributed by atoms with van der Waals surface area (Å²) in [4.78, 5) is 9.16. The van der Waals surface area contributed by atoms with Crippen molar-refractivity contribution in [2.24, 2.45) is 5.73 Å². The average molecular weight is 219 g/mol. The van der Waals surface area contributed by atoms with Gasteiger partial charge in [-0.25, -0.2) is 9.97 Å². The monoisotopic (exact) mass is 219 g/mol. The lowest BCUT2D eigenvalue weighted by Gasteiger charge is -2.25. The smallest absolute Gasteiger partial charge is 0.135 e. The summed E-state index contributed by atoms with van der Waals surface area (Å²) in [6, 6.07) is 2.01. The Labute approximate surface area is 97.5 Å². The van der Waals surface area contributed by atoms with Crippen LogP contribution in [0.2, 0.25) is 0 Å². The molecule has 16 heavy (non-hydrogen) atoms. The number of nitrogens with two attached hydrogens (primary N) is 1. The SMILES string of the molecule is CC(C)c1ccnc(C2(CN)CCCC2)n1. The van der Waals surface area contributed by atoms with E-state index in [2.05, 4.69) is 18.8 Å². The molecule has 0 aromatic carbocycles. The number of hydrogen-bond acceptors (Lipinski definition) is 3. The van der Waals surface area contributed by atoms with Crippen LogP contribution in [0.3, 0.4) is 0 Å². The standard InChI is InChI=1S/C13H21N3/c1-10(2)11-5-8-15-12(16-11)13(9-14)6-3-4-7-13/h5,8,10H,3-4,6-7,9,14H2,1-2H3. The number of nitrogens with zero attached hydrogens (tertiary/aromatic N) is 2. The number of aromatic nitrogens is 2. The fourth-order valence-electron chi connectivity index (χ4n) is 2.52. The van der Waals surface area contributed by atoms with Gasteiger partial charge in [0.15, 0.2) is 0 Å². The van der Waals surface area contributed by atoms with Gasteiger partial charge in [-0.15, -0.1) is 0 Å². The molecule has 1 aliphatic carbocycles. The zero-order valence-corrected chi connectivity index (χ0v) is 10.2. The van der Waals surface area contributed by atoms with Crippen molar-refractivity contribution in [2.75, 3.05) is 6.54 Å². The van der Waals surface area contributed by atoms with Crippen LogP contribution < -0.4 is 5.73 Å². The summed E-state index contributed by atoms with van der Waals surface area (Å²) in [5.74, 6) is 1.43. The van der Waals surface area contributed by atoms with E-state index in [1.165, 1.54) is 12.8 Å². The third-order valence-corrected chi connectivity index (χ3v) is 3.69. The van der Waals surface area contributed by atoms with Gasteiger partial charge in [-0.3, -0.25) is 0 Å². The second kappa shape index (κ2) is 4.50. The maximum atomic E-state index is 5.95. The third kappa shape index (κ3) is 1.96. The van der Waals surface area contributed by atoms with Gasteiger partial charge in [0.1, 0.15) is 5.82 Å². The Kier molecular flexibility index (Phi) is 3.24. The van der Waals surface area contributed by atoms with Gasteiger partial charge in [-0.2, -0.15) is 0 Å². The van der Waals surface area contributed by atoms with E-state index in [1.54, 1.807) is 0 Å². The van der Waals surface area contributed by atoms with E-state index in [0.29, 0.717) is 12.5 Å². The van der Waals surface area contributed by atoms with Crippen LogP contribution in [0.1, 0.15) is 57.0 Å². The minimum Gasteiger partial charge on any atom is -0.329 e. The second-order valence-electron chi connectivity index (χ2n) is 5.15. The first-order chi connectivity index (χ1) is 7.68. The van der Waals surface area contributed by atoms with E-state index in [1.807, 2.05) is 12.3 Å². The zero-order valence-electron chi connectivity index (χ0n) is 10.2. The normalized spacial score (nSPS) is 19.2. The van der Waals surface area contributed by atoms with Gasteiger partial charge in [0, 0.05) is 23.9 Å². The van der Waals surface area contributed by atoms with E-state index in [0.717, 1.165) is 24.4 Å². The van der Waals surface area contributed by atoms with Crippen LogP contribution in [0.15, 0.2) is 12.3 Å². The molecule has 0 amide bonds. The molecule has 1 aromatic heterocycles. The van der Waals surface area contributed by atoms with Crippen LogP contribution >= 0.6 is 0 Å². The van der Waals surface area contributed by atoms with Crippen LogP contribution in [-0.2, 0) is 5.41 Å². The molecule has 1 aliphatic rings. The van der Waals surface area contributed by atoms with Gasteiger partial charge in [0.05, 0.1) is 0 Å². The second-order valence-corrected chi connectivity index (χ2v) is 5.15. The first kappa shape index (κ1) is 11.5. The van der Waals surface area contributed by atoms with Crippen molar-refractivity contribution < 1.29 is 0 Å². The van der Waals surface area contributed by atoms with Gasteiger partial charge in [-0.1, -0.05) is 26.7 Å². The molecular weight excluding hydrogens is 198 g/mol. The van der Waals surface area contributed by atoms with E-state index in [4.69, 9.17) is 10.7 Å². The molecule has 1 fully saturated rings. The highest BCUT2D eigenvalue weighted by Crippen LogP contribution is 2.38. The summed E-state index contributed by atoms with van der Waals surface area (Å²) in [5, 5.41) is 0. The largest absolute Gasteiger partial charge is 0.329 e. The third-order valence-electron chi connectivity index (χ3n) is 3.69. The van der Waals surface area contributed by atoms with Crippen LogP contribution in [0.25, 0.3) is 0 Å². The summed E-state index contributed by atoms with van der Waals surface area (Å²) in [6.45, 7) is 5.00. The Morgan fingerprint density at radius 3 is 2.62 bits per heavy atom. The van der Waals surface area contributed by atoms with Crippen molar-refractivity contribution in [1.29, 1.82) is 0 Å². The molecular formula is C13H21N3. The van der Waals surface area contributed by atoms with Crippen molar-refractivity contribution in [2.45, 2.75) is 50.9 Å². The van der Waals surface area contributed by atoms with Gasteiger partial charge in [0.2, 0.25) is 0 Å². The summed E-state index contributed by atoms with van der Waals surface area (Å²) in [5.41, 5.74) is 7.14. The zero-order chi connectivity index (χ0) is 11.6. The molecule has 0 radical (unpaired) electrons. The molecule has 0 unspecified atom stereocenters. The minimum atomic E-state index is 0.0604. The van der Waals surface area contributed by atoms with Crippen LogP contribution in [0.4, 0.5) is 0 Å². The molecule has 0 aliphatic heterocycles. The highest BCUT2D eigenvalue weighted by atomic mass is 14.9. The minimum absolute atomic E-state index is 0.0604. The Morgan fingerprint density at radius 2 is 2.06 bits per heavy atom. The molecule has 0 bridgehead atoms. The molecule has 1 aromatic rings. The lowest BCUT2D eigenvalue weighted by Crippen LogP contribution is -2.34. The van der Waals surface area contributed by atoms with E-state index < -0.39 is 0 Å². The molecule has 88 valence electrons. The molecule has 3 nitrogen and oxygen atoms in total. The van der Waals surface area contributed by atoms with Crippen LogP contribution in [0.5, 0.6) is 0 Å². The fraction of sp³-hybridized carbons (Fsp3) is 0.692. The number of rotatable bonds is 3. The summed E-state index contributed by atoms with van der Waals surface area (Å²) >= 11 is 0. The van der Waals surface area contributed by atoms with Crippen molar-refractivity contribution >= 4 is 0 Å². The Bertz CT molecular complexity index is 354. The fourth-order valence-corrected chi connectivity index (χ4v) is 2.52. The average Bonchev–Trinajstić information content (AvgIpc) is 2.79.